The number of hydrogen-bond donors (Lipinski definition) is 1. The van der Waals surface area contributed by atoms with Gasteiger partial charge in [0.15, 0.2) is 11.5 Å². The molecule has 0 heterocycles. The van der Waals surface area contributed by atoms with Crippen molar-refractivity contribution in [3.8, 4) is 11.5 Å². The molecular weight excluding hydrogens is 464 g/mol. The van der Waals surface area contributed by atoms with Gasteiger partial charge in [0.25, 0.3) is 0 Å². The van der Waals surface area contributed by atoms with Crippen molar-refractivity contribution in [3.63, 3.8) is 0 Å². The lowest BCUT2D eigenvalue weighted by Gasteiger charge is -2.31. The fraction of sp³-hybridized carbons (Fsp3) is 0.355. The Hall–Kier alpha value is -3.80. The fourth-order valence-corrected chi connectivity index (χ4v) is 4.27. The van der Waals surface area contributed by atoms with Crippen molar-refractivity contribution in [2.24, 2.45) is 0 Å². The second-order valence-corrected chi connectivity index (χ2v) is 9.05. The lowest BCUT2D eigenvalue weighted by molar-refractivity contribution is -0.141. The Balaban J connectivity index is 1.86. The van der Waals surface area contributed by atoms with Crippen molar-refractivity contribution >= 4 is 11.8 Å². The molecule has 0 aliphatic heterocycles. The van der Waals surface area contributed by atoms with Gasteiger partial charge in [0, 0.05) is 25.9 Å². The summed E-state index contributed by atoms with van der Waals surface area (Å²) in [5, 5.41) is 3.06. The standard InChI is InChI=1S/C31H38N2O4/c1-4-5-20-32-31(35)27(21-24-12-8-6-9-13-24)33(23-26-14-10-7-11-15-26)30(34)19-17-25-16-18-28(36-2)29(22-25)37-3/h6-16,18,22,27H,4-5,17,19-21,23H2,1-3H3,(H,32,35)/t27-/m0/s1. The quantitative estimate of drug-likeness (QED) is 0.308. The molecule has 3 rings (SSSR count). The molecule has 0 fully saturated rings. The molecule has 3 aromatic carbocycles. The van der Waals surface area contributed by atoms with Gasteiger partial charge in [0.1, 0.15) is 6.04 Å². The summed E-state index contributed by atoms with van der Waals surface area (Å²) in [7, 11) is 3.20. The van der Waals surface area contributed by atoms with Gasteiger partial charge in [-0.05, 0) is 41.7 Å². The molecule has 0 bridgehead atoms. The molecule has 6 heteroatoms. The van der Waals surface area contributed by atoms with Gasteiger partial charge in [-0.1, -0.05) is 80.1 Å². The Morgan fingerprint density at radius 3 is 2.11 bits per heavy atom. The fourth-order valence-electron chi connectivity index (χ4n) is 4.27. The minimum absolute atomic E-state index is 0.0646. The smallest absolute Gasteiger partial charge is 0.243 e. The molecule has 0 radical (unpaired) electrons. The van der Waals surface area contributed by atoms with Crippen LogP contribution in [0.1, 0.15) is 42.9 Å². The van der Waals surface area contributed by atoms with Crippen LogP contribution >= 0.6 is 0 Å². The average Bonchev–Trinajstić information content (AvgIpc) is 2.94. The predicted molar refractivity (Wildman–Crippen MR) is 147 cm³/mol. The molecule has 2 amide bonds. The van der Waals surface area contributed by atoms with Crippen LogP contribution in [0, 0.1) is 0 Å². The monoisotopic (exact) mass is 502 g/mol. The number of aryl methyl sites for hydroxylation is 1. The number of rotatable bonds is 14. The predicted octanol–water partition coefficient (Wildman–Crippen LogP) is 5.19. The highest BCUT2D eigenvalue weighted by Gasteiger charge is 2.30. The third-order valence-electron chi connectivity index (χ3n) is 6.37. The van der Waals surface area contributed by atoms with E-state index in [-0.39, 0.29) is 18.2 Å². The lowest BCUT2D eigenvalue weighted by atomic mass is 10.0. The van der Waals surface area contributed by atoms with Crippen LogP contribution in [0.2, 0.25) is 0 Å². The zero-order chi connectivity index (χ0) is 26.5. The van der Waals surface area contributed by atoms with E-state index >= 15 is 0 Å². The summed E-state index contributed by atoms with van der Waals surface area (Å²) in [5.41, 5.74) is 2.97. The van der Waals surface area contributed by atoms with Gasteiger partial charge in [-0.25, -0.2) is 0 Å². The third kappa shape index (κ3) is 8.38. The number of nitrogens with zero attached hydrogens (tertiary/aromatic N) is 1. The zero-order valence-electron chi connectivity index (χ0n) is 22.1. The Kier molecular flexibility index (Phi) is 11.0. The van der Waals surface area contributed by atoms with E-state index in [1.54, 1.807) is 19.1 Å². The Morgan fingerprint density at radius 1 is 0.838 bits per heavy atom. The molecule has 6 nitrogen and oxygen atoms in total. The second kappa shape index (κ2) is 14.7. The van der Waals surface area contributed by atoms with Gasteiger partial charge in [-0.3, -0.25) is 9.59 Å². The molecule has 196 valence electrons. The van der Waals surface area contributed by atoms with E-state index in [0.29, 0.717) is 37.4 Å². The second-order valence-electron chi connectivity index (χ2n) is 9.05. The molecule has 1 N–H and O–H groups in total. The topological polar surface area (TPSA) is 67.9 Å². The van der Waals surface area contributed by atoms with E-state index in [4.69, 9.17) is 9.47 Å². The minimum Gasteiger partial charge on any atom is -0.493 e. The number of carbonyl (C=O) groups is 2. The maximum atomic E-state index is 13.8. The SMILES string of the molecule is CCCCNC(=O)[C@H](Cc1ccccc1)N(Cc1ccccc1)C(=O)CCc1ccc(OC)c(OC)c1. The molecule has 0 aromatic heterocycles. The molecular formula is C31H38N2O4. The Bertz CT molecular complexity index is 1120. The van der Waals surface area contributed by atoms with E-state index in [1.807, 2.05) is 78.9 Å². The first-order chi connectivity index (χ1) is 18.0. The van der Waals surface area contributed by atoms with Crippen molar-refractivity contribution in [1.82, 2.24) is 10.2 Å². The zero-order valence-corrected chi connectivity index (χ0v) is 22.1. The molecule has 3 aromatic rings. The van der Waals surface area contributed by atoms with E-state index in [1.165, 1.54) is 0 Å². The molecule has 0 saturated carbocycles. The van der Waals surface area contributed by atoms with Crippen LogP contribution in [0.5, 0.6) is 11.5 Å². The summed E-state index contributed by atoms with van der Waals surface area (Å²) in [5.74, 6) is 1.10. The van der Waals surface area contributed by atoms with Crippen molar-refractivity contribution in [2.75, 3.05) is 20.8 Å². The van der Waals surface area contributed by atoms with E-state index in [9.17, 15) is 9.59 Å². The van der Waals surface area contributed by atoms with Gasteiger partial charge in [-0.15, -0.1) is 0 Å². The van der Waals surface area contributed by atoms with Crippen LogP contribution in [0.15, 0.2) is 78.9 Å². The van der Waals surface area contributed by atoms with Gasteiger partial charge in [0.05, 0.1) is 14.2 Å². The van der Waals surface area contributed by atoms with Crippen LogP contribution in [-0.2, 0) is 29.0 Å². The molecule has 0 saturated heterocycles. The lowest BCUT2D eigenvalue weighted by Crippen LogP contribution is -2.50. The molecule has 37 heavy (non-hydrogen) atoms. The summed E-state index contributed by atoms with van der Waals surface area (Å²) >= 11 is 0. The summed E-state index contributed by atoms with van der Waals surface area (Å²) in [4.78, 5) is 28.9. The van der Waals surface area contributed by atoms with Gasteiger partial charge in [-0.2, -0.15) is 0 Å². The van der Waals surface area contributed by atoms with Crippen molar-refractivity contribution in [1.29, 1.82) is 0 Å². The van der Waals surface area contributed by atoms with Crippen molar-refractivity contribution in [3.05, 3.63) is 95.6 Å². The summed E-state index contributed by atoms with van der Waals surface area (Å²) in [6, 6.07) is 24.8. The van der Waals surface area contributed by atoms with Crippen LogP contribution in [0.25, 0.3) is 0 Å². The highest BCUT2D eigenvalue weighted by Crippen LogP contribution is 2.28. The first-order valence-corrected chi connectivity index (χ1v) is 12.9. The van der Waals surface area contributed by atoms with Crippen LogP contribution < -0.4 is 14.8 Å². The number of nitrogens with one attached hydrogen (secondary N) is 1. The highest BCUT2D eigenvalue weighted by molar-refractivity contribution is 5.88. The summed E-state index contributed by atoms with van der Waals surface area (Å²) in [6.45, 7) is 3.05. The molecule has 0 unspecified atom stereocenters. The first kappa shape index (κ1) is 27.8. The van der Waals surface area contributed by atoms with Crippen molar-refractivity contribution in [2.45, 2.75) is 51.6 Å². The van der Waals surface area contributed by atoms with E-state index in [0.717, 1.165) is 29.5 Å². The number of benzene rings is 3. The number of amides is 2. The van der Waals surface area contributed by atoms with Crippen molar-refractivity contribution < 1.29 is 19.1 Å². The number of unbranched alkanes of at least 4 members (excludes halogenated alkanes) is 1. The molecule has 0 aliphatic carbocycles. The maximum Gasteiger partial charge on any atom is 0.243 e. The summed E-state index contributed by atoms with van der Waals surface area (Å²) < 4.78 is 10.8. The first-order valence-electron chi connectivity index (χ1n) is 12.9. The van der Waals surface area contributed by atoms with Gasteiger partial charge in [0.2, 0.25) is 11.8 Å². The minimum atomic E-state index is -0.614. The highest BCUT2D eigenvalue weighted by atomic mass is 16.5. The van der Waals surface area contributed by atoms with Gasteiger partial charge >= 0.3 is 0 Å². The largest absolute Gasteiger partial charge is 0.493 e. The third-order valence-corrected chi connectivity index (χ3v) is 6.37. The molecule has 0 spiro atoms. The molecule has 1 atom stereocenters. The van der Waals surface area contributed by atoms with Crippen LogP contribution in [0.4, 0.5) is 0 Å². The van der Waals surface area contributed by atoms with Gasteiger partial charge < -0.3 is 19.7 Å². The average molecular weight is 503 g/mol. The number of hydrogen-bond acceptors (Lipinski definition) is 4. The maximum absolute atomic E-state index is 13.8. The van der Waals surface area contributed by atoms with Crippen LogP contribution in [-0.4, -0.2) is 43.5 Å². The number of carbonyl (C=O) groups excluding carboxylic acids is 2. The normalized spacial score (nSPS) is 11.4. The van der Waals surface area contributed by atoms with Crippen LogP contribution in [0.3, 0.4) is 0 Å². The number of ether oxygens (including phenoxy) is 2. The summed E-state index contributed by atoms with van der Waals surface area (Å²) in [6.07, 6.45) is 3.14. The van der Waals surface area contributed by atoms with E-state index in [2.05, 4.69) is 12.2 Å². The Labute approximate surface area is 220 Å². The van der Waals surface area contributed by atoms with E-state index < -0.39 is 6.04 Å². The molecule has 0 aliphatic rings. The number of methoxy groups -OCH3 is 2. The Morgan fingerprint density at radius 2 is 1.49 bits per heavy atom.